The van der Waals surface area contributed by atoms with Gasteiger partial charge < -0.3 is 9.72 Å². The normalized spacial score (nSPS) is 10.9. The fourth-order valence-corrected chi connectivity index (χ4v) is 4.10. The SMILES string of the molecule is Cc1cc(C(=O)CSc2nnc(COc3ccccc3F)n2-c2ccccc2)c(C)[nH]1. The molecule has 8 heteroatoms. The van der Waals surface area contributed by atoms with Crippen molar-refractivity contribution in [1.29, 1.82) is 0 Å². The fourth-order valence-electron chi connectivity index (χ4n) is 3.25. The molecule has 6 nitrogen and oxygen atoms in total. The van der Waals surface area contributed by atoms with Crippen LogP contribution < -0.4 is 4.74 Å². The van der Waals surface area contributed by atoms with Crippen LogP contribution in [0.5, 0.6) is 5.75 Å². The number of aryl methyl sites for hydroxylation is 2. The number of benzene rings is 2. The highest BCUT2D eigenvalue weighted by molar-refractivity contribution is 7.99. The molecule has 158 valence electrons. The third kappa shape index (κ3) is 4.69. The molecule has 0 aliphatic carbocycles. The predicted molar refractivity (Wildman–Crippen MR) is 117 cm³/mol. The van der Waals surface area contributed by atoms with Crippen LogP contribution in [0.2, 0.25) is 0 Å². The van der Waals surface area contributed by atoms with E-state index in [1.165, 1.54) is 17.8 Å². The van der Waals surface area contributed by atoms with Crippen molar-refractivity contribution in [3.05, 3.63) is 89.3 Å². The molecule has 0 aliphatic rings. The van der Waals surface area contributed by atoms with E-state index >= 15 is 0 Å². The Morgan fingerprint density at radius 3 is 2.55 bits per heavy atom. The van der Waals surface area contributed by atoms with Gasteiger partial charge in [0.1, 0.15) is 6.61 Å². The smallest absolute Gasteiger partial charge is 0.196 e. The number of halogens is 1. The van der Waals surface area contributed by atoms with Gasteiger partial charge in [0.25, 0.3) is 0 Å². The quantitative estimate of drug-likeness (QED) is 0.314. The Labute approximate surface area is 183 Å². The van der Waals surface area contributed by atoms with Crippen molar-refractivity contribution >= 4 is 17.5 Å². The average molecular weight is 437 g/mol. The lowest BCUT2D eigenvalue weighted by Gasteiger charge is -2.11. The standard InChI is InChI=1S/C23H21FN4O2S/c1-15-12-18(16(2)25-15)20(29)14-31-23-27-26-22(28(23)17-8-4-3-5-9-17)13-30-21-11-7-6-10-19(21)24/h3-12,25H,13-14H2,1-2H3. The highest BCUT2D eigenvalue weighted by Gasteiger charge is 2.18. The Bertz CT molecular complexity index is 1200. The number of rotatable bonds is 8. The second-order valence-electron chi connectivity index (χ2n) is 6.99. The molecular weight excluding hydrogens is 415 g/mol. The molecule has 2 heterocycles. The summed E-state index contributed by atoms with van der Waals surface area (Å²) in [7, 11) is 0. The van der Waals surface area contributed by atoms with Crippen molar-refractivity contribution in [1.82, 2.24) is 19.7 Å². The number of ether oxygens (including phenoxy) is 1. The number of Topliss-reactive ketones (excluding diaryl/α,β-unsaturated/α-hetero) is 1. The predicted octanol–water partition coefficient (Wildman–Crippen LogP) is 4.91. The van der Waals surface area contributed by atoms with Gasteiger partial charge in [-0.1, -0.05) is 42.1 Å². The zero-order valence-corrected chi connectivity index (χ0v) is 17.9. The maximum absolute atomic E-state index is 13.9. The minimum atomic E-state index is -0.439. The van der Waals surface area contributed by atoms with Crippen LogP contribution in [0.4, 0.5) is 4.39 Å². The van der Waals surface area contributed by atoms with Crippen LogP contribution in [0.25, 0.3) is 5.69 Å². The van der Waals surface area contributed by atoms with Crippen molar-refractivity contribution in [2.45, 2.75) is 25.6 Å². The van der Waals surface area contributed by atoms with E-state index in [9.17, 15) is 9.18 Å². The molecule has 4 aromatic rings. The Morgan fingerprint density at radius 2 is 1.84 bits per heavy atom. The lowest BCUT2D eigenvalue weighted by atomic mass is 10.2. The number of H-pyrrole nitrogens is 1. The van der Waals surface area contributed by atoms with E-state index in [0.717, 1.165) is 17.1 Å². The zero-order valence-electron chi connectivity index (χ0n) is 17.1. The van der Waals surface area contributed by atoms with Crippen LogP contribution in [0, 0.1) is 19.7 Å². The van der Waals surface area contributed by atoms with Gasteiger partial charge >= 0.3 is 0 Å². The number of nitrogens with zero attached hydrogens (tertiary/aromatic N) is 3. The molecule has 4 rings (SSSR count). The second-order valence-corrected chi connectivity index (χ2v) is 7.93. The van der Waals surface area contributed by atoms with Crippen LogP contribution in [0.1, 0.15) is 27.6 Å². The summed E-state index contributed by atoms with van der Waals surface area (Å²) in [5, 5.41) is 9.07. The fraction of sp³-hybridized carbons (Fsp3) is 0.174. The van der Waals surface area contributed by atoms with Gasteiger partial charge in [0.2, 0.25) is 0 Å². The van der Waals surface area contributed by atoms with Gasteiger partial charge in [-0.25, -0.2) is 4.39 Å². The van der Waals surface area contributed by atoms with Crippen LogP contribution in [0.15, 0.2) is 65.8 Å². The molecule has 0 aliphatic heterocycles. The van der Waals surface area contributed by atoms with Crippen molar-refractivity contribution in [3.8, 4) is 11.4 Å². The van der Waals surface area contributed by atoms with Crippen LogP contribution >= 0.6 is 11.8 Å². The van der Waals surface area contributed by atoms with Gasteiger partial charge in [0, 0.05) is 22.6 Å². The van der Waals surface area contributed by atoms with Crippen LogP contribution in [-0.4, -0.2) is 31.3 Å². The van der Waals surface area contributed by atoms with Gasteiger partial charge in [-0.2, -0.15) is 0 Å². The Kier molecular flexibility index (Phi) is 6.18. The second kappa shape index (κ2) is 9.18. The summed E-state index contributed by atoms with van der Waals surface area (Å²) in [6.45, 7) is 3.84. The number of carbonyl (C=O) groups is 1. The molecule has 0 saturated carbocycles. The van der Waals surface area contributed by atoms with Gasteiger partial charge in [-0.05, 0) is 44.2 Å². The lowest BCUT2D eigenvalue weighted by molar-refractivity contribution is 0.102. The van der Waals surface area contributed by atoms with E-state index < -0.39 is 5.82 Å². The van der Waals surface area contributed by atoms with Gasteiger partial charge in [-0.15, -0.1) is 10.2 Å². The number of hydrogen-bond donors (Lipinski definition) is 1. The van der Waals surface area contributed by atoms with Gasteiger partial charge in [0.15, 0.2) is 28.3 Å². The first-order valence-electron chi connectivity index (χ1n) is 9.72. The first kappa shape index (κ1) is 20.9. The monoisotopic (exact) mass is 436 g/mol. The van der Waals surface area contributed by atoms with Crippen molar-refractivity contribution in [2.24, 2.45) is 0 Å². The van der Waals surface area contributed by atoms with Crippen LogP contribution in [-0.2, 0) is 6.61 Å². The molecule has 0 saturated heterocycles. The molecular formula is C23H21FN4O2S. The minimum absolute atomic E-state index is 0.0126. The Hall–Kier alpha value is -3.39. The first-order chi connectivity index (χ1) is 15.0. The maximum atomic E-state index is 13.9. The molecule has 2 aromatic heterocycles. The molecule has 31 heavy (non-hydrogen) atoms. The molecule has 2 aromatic carbocycles. The summed E-state index contributed by atoms with van der Waals surface area (Å²) in [5.74, 6) is 0.451. The van der Waals surface area contributed by atoms with E-state index in [4.69, 9.17) is 4.74 Å². The highest BCUT2D eigenvalue weighted by atomic mass is 32.2. The van der Waals surface area contributed by atoms with E-state index in [2.05, 4.69) is 15.2 Å². The van der Waals surface area contributed by atoms with E-state index in [-0.39, 0.29) is 23.9 Å². The number of thioether (sulfide) groups is 1. The number of nitrogens with one attached hydrogen (secondary N) is 1. The number of hydrogen-bond acceptors (Lipinski definition) is 5. The third-order valence-corrected chi connectivity index (χ3v) is 5.62. The summed E-state index contributed by atoms with van der Waals surface area (Å²) in [5.41, 5.74) is 3.32. The number of ketones is 1. The maximum Gasteiger partial charge on any atom is 0.196 e. The molecule has 0 radical (unpaired) electrons. The topological polar surface area (TPSA) is 72.8 Å². The van der Waals surface area contributed by atoms with Gasteiger partial charge in [-0.3, -0.25) is 9.36 Å². The average Bonchev–Trinajstić information content (AvgIpc) is 3.34. The summed E-state index contributed by atoms with van der Waals surface area (Å²) < 4.78 is 21.4. The molecule has 0 amide bonds. The molecule has 0 unspecified atom stereocenters. The largest absolute Gasteiger partial charge is 0.483 e. The van der Waals surface area contributed by atoms with Crippen molar-refractivity contribution in [2.75, 3.05) is 5.75 Å². The Balaban J connectivity index is 1.57. The number of para-hydroxylation sites is 2. The lowest BCUT2D eigenvalue weighted by Crippen LogP contribution is -2.08. The molecule has 1 N–H and O–H groups in total. The van der Waals surface area contributed by atoms with Crippen LogP contribution in [0.3, 0.4) is 0 Å². The van der Waals surface area contributed by atoms with Gasteiger partial charge in [0.05, 0.1) is 5.75 Å². The number of carbonyl (C=O) groups excluding carboxylic acids is 1. The summed E-state index contributed by atoms with van der Waals surface area (Å²) in [6.07, 6.45) is 0. The minimum Gasteiger partial charge on any atom is -0.483 e. The summed E-state index contributed by atoms with van der Waals surface area (Å²) in [6, 6.07) is 17.6. The number of aromatic amines is 1. The molecule has 0 atom stereocenters. The van der Waals surface area contributed by atoms with E-state index in [0.29, 0.717) is 16.5 Å². The summed E-state index contributed by atoms with van der Waals surface area (Å²) >= 11 is 1.30. The molecule has 0 fully saturated rings. The summed E-state index contributed by atoms with van der Waals surface area (Å²) in [4.78, 5) is 15.8. The van der Waals surface area contributed by atoms with E-state index in [1.54, 1.807) is 18.2 Å². The third-order valence-electron chi connectivity index (χ3n) is 4.69. The Morgan fingerprint density at radius 1 is 1.10 bits per heavy atom. The molecule has 0 spiro atoms. The zero-order chi connectivity index (χ0) is 21.8. The van der Waals surface area contributed by atoms with Crippen molar-refractivity contribution < 1.29 is 13.9 Å². The number of aromatic nitrogens is 4. The van der Waals surface area contributed by atoms with E-state index in [1.807, 2.05) is 54.8 Å². The van der Waals surface area contributed by atoms with Crippen molar-refractivity contribution in [3.63, 3.8) is 0 Å². The first-order valence-corrected chi connectivity index (χ1v) is 10.7. The molecule has 0 bridgehead atoms. The highest BCUT2D eigenvalue weighted by Crippen LogP contribution is 2.25.